The van der Waals surface area contributed by atoms with E-state index in [-0.39, 0.29) is 23.8 Å². The third-order valence-corrected chi connectivity index (χ3v) is 5.49. The van der Waals surface area contributed by atoms with Crippen molar-refractivity contribution in [3.05, 3.63) is 65.2 Å². The van der Waals surface area contributed by atoms with Crippen molar-refractivity contribution in [1.29, 1.82) is 0 Å². The van der Waals surface area contributed by atoms with Crippen molar-refractivity contribution in [1.82, 2.24) is 10.2 Å². The highest BCUT2D eigenvalue weighted by Crippen LogP contribution is 2.24. The predicted octanol–water partition coefficient (Wildman–Crippen LogP) is 5.00. The molecule has 1 atom stereocenters. The molecule has 5 nitrogen and oxygen atoms in total. The fourth-order valence-electron chi connectivity index (χ4n) is 3.45. The summed E-state index contributed by atoms with van der Waals surface area (Å²) in [6.45, 7) is 13.3. The smallest absolute Gasteiger partial charge is 0.261 e. The summed E-state index contributed by atoms with van der Waals surface area (Å²) in [4.78, 5) is 27.6. The van der Waals surface area contributed by atoms with Crippen LogP contribution in [-0.2, 0) is 21.5 Å². The molecular formula is C27H38N2O3. The SMILES string of the molecule is CCCNC(=O)[C@@H](CC)N(Cc1ccc(C)cc1)C(=O)COc1ccc(C(C)(C)C)cc1. The average molecular weight is 439 g/mol. The standard InChI is InChI=1S/C27H38N2O3/c1-7-17-28-26(31)24(8-2)29(18-21-11-9-20(3)10-12-21)25(30)19-32-23-15-13-22(14-16-23)27(4,5)6/h9-16,24H,7-8,17-19H2,1-6H3,(H,28,31)/t24-/m1/s1. The molecule has 0 spiro atoms. The molecule has 0 aromatic heterocycles. The normalized spacial score (nSPS) is 12.2. The Balaban J connectivity index is 2.16. The Morgan fingerprint density at radius 2 is 1.62 bits per heavy atom. The van der Waals surface area contributed by atoms with Gasteiger partial charge in [0.2, 0.25) is 5.91 Å². The molecule has 32 heavy (non-hydrogen) atoms. The zero-order valence-electron chi connectivity index (χ0n) is 20.4. The monoisotopic (exact) mass is 438 g/mol. The van der Waals surface area contributed by atoms with Gasteiger partial charge < -0.3 is 15.0 Å². The van der Waals surface area contributed by atoms with Gasteiger partial charge in [0.15, 0.2) is 6.61 Å². The Morgan fingerprint density at radius 1 is 1.00 bits per heavy atom. The first-order valence-corrected chi connectivity index (χ1v) is 11.5. The van der Waals surface area contributed by atoms with Crippen molar-refractivity contribution >= 4 is 11.8 Å². The number of aryl methyl sites for hydroxylation is 1. The van der Waals surface area contributed by atoms with Gasteiger partial charge in [-0.1, -0.05) is 76.6 Å². The number of nitrogens with zero attached hydrogens (tertiary/aromatic N) is 1. The van der Waals surface area contributed by atoms with Gasteiger partial charge in [0, 0.05) is 13.1 Å². The Labute approximate surface area is 193 Å². The molecule has 2 amide bonds. The van der Waals surface area contributed by atoms with Crippen molar-refractivity contribution < 1.29 is 14.3 Å². The quantitative estimate of drug-likeness (QED) is 0.568. The molecule has 5 heteroatoms. The molecule has 0 aliphatic heterocycles. The summed E-state index contributed by atoms with van der Waals surface area (Å²) >= 11 is 0. The van der Waals surface area contributed by atoms with E-state index >= 15 is 0 Å². The van der Waals surface area contributed by atoms with E-state index in [9.17, 15) is 9.59 Å². The minimum Gasteiger partial charge on any atom is -0.484 e. The summed E-state index contributed by atoms with van der Waals surface area (Å²) in [6.07, 6.45) is 1.38. The van der Waals surface area contributed by atoms with Crippen LogP contribution in [0.4, 0.5) is 0 Å². The van der Waals surface area contributed by atoms with Gasteiger partial charge in [-0.3, -0.25) is 9.59 Å². The maximum atomic E-state index is 13.2. The number of carbonyl (C=O) groups excluding carboxylic acids is 2. The van der Waals surface area contributed by atoms with E-state index in [0.717, 1.165) is 17.5 Å². The van der Waals surface area contributed by atoms with Gasteiger partial charge in [-0.15, -0.1) is 0 Å². The van der Waals surface area contributed by atoms with Gasteiger partial charge in [-0.2, -0.15) is 0 Å². The predicted molar refractivity (Wildman–Crippen MR) is 130 cm³/mol. The van der Waals surface area contributed by atoms with E-state index in [1.807, 2.05) is 69.3 Å². The minimum atomic E-state index is -0.540. The topological polar surface area (TPSA) is 58.6 Å². The van der Waals surface area contributed by atoms with Crippen LogP contribution in [0.25, 0.3) is 0 Å². The van der Waals surface area contributed by atoms with Crippen LogP contribution in [0.3, 0.4) is 0 Å². The largest absolute Gasteiger partial charge is 0.484 e. The lowest BCUT2D eigenvalue weighted by atomic mass is 9.87. The van der Waals surface area contributed by atoms with Gasteiger partial charge in [-0.05, 0) is 48.4 Å². The average Bonchev–Trinajstić information content (AvgIpc) is 2.76. The first kappa shape index (κ1) is 25.4. The summed E-state index contributed by atoms with van der Waals surface area (Å²) in [5, 5.41) is 2.93. The van der Waals surface area contributed by atoms with Crippen LogP contribution in [0.2, 0.25) is 0 Å². The molecule has 0 saturated carbocycles. The molecule has 0 saturated heterocycles. The fraction of sp³-hybridized carbons (Fsp3) is 0.481. The van der Waals surface area contributed by atoms with Crippen molar-refractivity contribution in [3.63, 3.8) is 0 Å². The lowest BCUT2D eigenvalue weighted by molar-refractivity contribution is -0.143. The number of rotatable bonds is 10. The van der Waals surface area contributed by atoms with Crippen molar-refractivity contribution in [2.75, 3.05) is 13.2 Å². The van der Waals surface area contributed by atoms with Crippen LogP contribution in [-0.4, -0.2) is 35.9 Å². The van der Waals surface area contributed by atoms with Crippen LogP contribution < -0.4 is 10.1 Å². The Kier molecular flexibility index (Phi) is 9.30. The molecule has 0 aliphatic carbocycles. The highest BCUT2D eigenvalue weighted by molar-refractivity contribution is 5.88. The number of hydrogen-bond donors (Lipinski definition) is 1. The molecule has 0 unspecified atom stereocenters. The lowest BCUT2D eigenvalue weighted by Crippen LogP contribution is -2.50. The second-order valence-electron chi connectivity index (χ2n) is 9.29. The van der Waals surface area contributed by atoms with Crippen LogP contribution in [0.15, 0.2) is 48.5 Å². The second kappa shape index (κ2) is 11.7. The number of carbonyl (C=O) groups is 2. The summed E-state index contributed by atoms with van der Waals surface area (Å²) < 4.78 is 5.81. The third-order valence-electron chi connectivity index (χ3n) is 5.49. The van der Waals surface area contributed by atoms with E-state index in [0.29, 0.717) is 25.3 Å². The Hall–Kier alpha value is -2.82. The summed E-state index contributed by atoms with van der Waals surface area (Å²) in [5.41, 5.74) is 3.40. The summed E-state index contributed by atoms with van der Waals surface area (Å²) in [5.74, 6) is 0.318. The molecule has 0 aliphatic rings. The van der Waals surface area contributed by atoms with Crippen LogP contribution >= 0.6 is 0 Å². The zero-order chi connectivity index (χ0) is 23.7. The summed E-state index contributed by atoms with van der Waals surface area (Å²) in [7, 11) is 0. The number of ether oxygens (including phenoxy) is 1. The lowest BCUT2D eigenvalue weighted by Gasteiger charge is -2.30. The van der Waals surface area contributed by atoms with Crippen LogP contribution in [0.5, 0.6) is 5.75 Å². The maximum absolute atomic E-state index is 13.2. The highest BCUT2D eigenvalue weighted by atomic mass is 16.5. The van der Waals surface area contributed by atoms with Crippen LogP contribution in [0, 0.1) is 6.92 Å². The zero-order valence-corrected chi connectivity index (χ0v) is 20.4. The van der Waals surface area contributed by atoms with Gasteiger partial charge in [0.1, 0.15) is 11.8 Å². The molecule has 1 N–H and O–H groups in total. The molecule has 2 rings (SSSR count). The van der Waals surface area contributed by atoms with Crippen molar-refractivity contribution in [3.8, 4) is 5.75 Å². The Bertz CT molecular complexity index is 867. The Morgan fingerprint density at radius 3 is 2.16 bits per heavy atom. The van der Waals surface area contributed by atoms with E-state index in [1.165, 1.54) is 5.56 Å². The number of benzene rings is 2. The van der Waals surface area contributed by atoms with E-state index in [2.05, 4.69) is 26.1 Å². The molecule has 2 aromatic rings. The number of nitrogens with one attached hydrogen (secondary N) is 1. The van der Waals surface area contributed by atoms with Gasteiger partial charge in [-0.25, -0.2) is 0 Å². The molecule has 0 radical (unpaired) electrons. The highest BCUT2D eigenvalue weighted by Gasteiger charge is 2.28. The molecular weight excluding hydrogens is 400 g/mol. The van der Waals surface area contributed by atoms with Crippen molar-refractivity contribution in [2.24, 2.45) is 0 Å². The van der Waals surface area contributed by atoms with Gasteiger partial charge in [0.25, 0.3) is 5.91 Å². The second-order valence-corrected chi connectivity index (χ2v) is 9.29. The molecule has 0 heterocycles. The van der Waals surface area contributed by atoms with E-state index in [4.69, 9.17) is 4.74 Å². The van der Waals surface area contributed by atoms with E-state index < -0.39 is 6.04 Å². The van der Waals surface area contributed by atoms with Gasteiger partial charge >= 0.3 is 0 Å². The molecule has 2 aromatic carbocycles. The minimum absolute atomic E-state index is 0.0549. The molecule has 0 fully saturated rings. The first-order valence-electron chi connectivity index (χ1n) is 11.5. The third kappa shape index (κ3) is 7.40. The molecule has 174 valence electrons. The van der Waals surface area contributed by atoms with Crippen molar-refractivity contribution in [2.45, 2.75) is 72.4 Å². The van der Waals surface area contributed by atoms with E-state index in [1.54, 1.807) is 4.90 Å². The number of hydrogen-bond acceptors (Lipinski definition) is 3. The molecule has 0 bridgehead atoms. The first-order chi connectivity index (χ1) is 15.2. The fourth-order valence-corrected chi connectivity index (χ4v) is 3.45. The van der Waals surface area contributed by atoms with Crippen LogP contribution in [0.1, 0.15) is 64.2 Å². The maximum Gasteiger partial charge on any atom is 0.261 e. The number of amides is 2. The summed E-state index contributed by atoms with van der Waals surface area (Å²) in [6, 6.07) is 15.3. The van der Waals surface area contributed by atoms with Gasteiger partial charge in [0.05, 0.1) is 0 Å².